The van der Waals surface area contributed by atoms with Gasteiger partial charge in [-0.1, -0.05) is 12.1 Å². The highest BCUT2D eigenvalue weighted by molar-refractivity contribution is 5.88. The molecule has 8 nitrogen and oxygen atoms in total. The van der Waals surface area contributed by atoms with Gasteiger partial charge in [-0.25, -0.2) is 4.98 Å². The smallest absolute Gasteiger partial charge is 0.270 e. The molecule has 0 amide bonds. The fourth-order valence-corrected chi connectivity index (χ4v) is 3.82. The average Bonchev–Trinajstić information content (AvgIpc) is 2.80. The van der Waals surface area contributed by atoms with Gasteiger partial charge >= 0.3 is 0 Å². The first-order chi connectivity index (χ1) is 15.1. The zero-order chi connectivity index (χ0) is 21.8. The molecule has 3 aromatic rings. The predicted octanol–water partition coefficient (Wildman–Crippen LogP) is 3.74. The Kier molecular flexibility index (Phi) is 5.96. The number of non-ortho nitro benzene ring substituents is 1. The van der Waals surface area contributed by atoms with E-state index in [0.717, 1.165) is 44.3 Å². The molecule has 158 valence electrons. The molecule has 1 aromatic heterocycles. The summed E-state index contributed by atoms with van der Waals surface area (Å²) in [6.07, 6.45) is 0. The third-order valence-electron chi connectivity index (χ3n) is 5.45. The first-order valence-corrected chi connectivity index (χ1v) is 10.3. The van der Waals surface area contributed by atoms with Crippen molar-refractivity contribution in [3.05, 3.63) is 69.8 Å². The van der Waals surface area contributed by atoms with E-state index in [1.54, 1.807) is 12.1 Å². The number of fused-ring (bicyclic) bond motifs is 1. The standard InChI is InChI=1S/C23H23N5O3/c1-2-31-20-6-3-17(4-7-20)16-26-9-11-27(12-10-26)23-13-18(15-24)21-14-19(28(29)30)5-8-22(21)25-23/h3-8,13-14H,2,9-12,16H2,1H3. The molecule has 1 aliphatic rings. The summed E-state index contributed by atoms with van der Waals surface area (Å²) in [6, 6.07) is 16.5. The highest BCUT2D eigenvalue weighted by Gasteiger charge is 2.20. The Hall–Kier alpha value is -3.70. The second kappa shape index (κ2) is 8.98. The highest BCUT2D eigenvalue weighted by Crippen LogP contribution is 2.27. The van der Waals surface area contributed by atoms with Gasteiger partial charge in [-0.2, -0.15) is 5.26 Å². The fourth-order valence-electron chi connectivity index (χ4n) is 3.82. The van der Waals surface area contributed by atoms with Crippen molar-refractivity contribution in [1.29, 1.82) is 5.26 Å². The molecule has 31 heavy (non-hydrogen) atoms. The lowest BCUT2D eigenvalue weighted by Gasteiger charge is -2.35. The van der Waals surface area contributed by atoms with E-state index in [4.69, 9.17) is 4.74 Å². The van der Waals surface area contributed by atoms with Gasteiger partial charge in [0.05, 0.1) is 28.7 Å². The van der Waals surface area contributed by atoms with Gasteiger partial charge in [0.2, 0.25) is 0 Å². The van der Waals surface area contributed by atoms with Crippen molar-refractivity contribution in [2.45, 2.75) is 13.5 Å². The summed E-state index contributed by atoms with van der Waals surface area (Å²) in [5, 5.41) is 21.1. The fraction of sp³-hybridized carbons (Fsp3) is 0.304. The largest absolute Gasteiger partial charge is 0.494 e. The van der Waals surface area contributed by atoms with Gasteiger partial charge in [0, 0.05) is 50.2 Å². The molecule has 0 unspecified atom stereocenters. The molecule has 1 aliphatic heterocycles. The van der Waals surface area contributed by atoms with E-state index in [1.165, 1.54) is 17.7 Å². The molecule has 0 aliphatic carbocycles. The van der Waals surface area contributed by atoms with Crippen molar-refractivity contribution in [2.75, 3.05) is 37.7 Å². The monoisotopic (exact) mass is 417 g/mol. The van der Waals surface area contributed by atoms with Gasteiger partial charge in [-0.3, -0.25) is 15.0 Å². The molecule has 0 radical (unpaired) electrons. The minimum atomic E-state index is -0.460. The summed E-state index contributed by atoms with van der Waals surface area (Å²) in [7, 11) is 0. The van der Waals surface area contributed by atoms with Crippen molar-refractivity contribution in [3.8, 4) is 11.8 Å². The minimum absolute atomic E-state index is 0.0403. The Labute approximate surface area is 180 Å². The number of aromatic nitrogens is 1. The van der Waals surface area contributed by atoms with E-state index >= 15 is 0 Å². The topological polar surface area (TPSA) is 95.5 Å². The van der Waals surface area contributed by atoms with E-state index in [0.29, 0.717) is 23.1 Å². The Morgan fingerprint density at radius 3 is 2.52 bits per heavy atom. The number of nitro groups is 1. The zero-order valence-electron chi connectivity index (χ0n) is 17.3. The zero-order valence-corrected chi connectivity index (χ0v) is 17.3. The van der Waals surface area contributed by atoms with E-state index in [9.17, 15) is 15.4 Å². The number of pyridine rings is 1. The molecule has 0 saturated carbocycles. The number of hydrogen-bond acceptors (Lipinski definition) is 7. The summed E-state index contributed by atoms with van der Waals surface area (Å²) in [5.41, 5.74) is 2.20. The maximum absolute atomic E-state index is 11.0. The van der Waals surface area contributed by atoms with Crippen LogP contribution in [0.1, 0.15) is 18.1 Å². The van der Waals surface area contributed by atoms with Crippen molar-refractivity contribution >= 4 is 22.4 Å². The Balaban J connectivity index is 1.45. The first-order valence-electron chi connectivity index (χ1n) is 10.3. The van der Waals surface area contributed by atoms with Crippen LogP contribution in [0, 0.1) is 21.4 Å². The molecule has 0 atom stereocenters. The summed E-state index contributed by atoms with van der Waals surface area (Å²) in [6.45, 7) is 6.87. The number of nitro benzene ring substituents is 1. The molecule has 1 fully saturated rings. The molecular formula is C23H23N5O3. The average molecular weight is 417 g/mol. The Morgan fingerprint density at radius 1 is 1.13 bits per heavy atom. The maximum atomic E-state index is 11.0. The number of hydrogen-bond donors (Lipinski definition) is 0. The summed E-state index contributed by atoms with van der Waals surface area (Å²) in [5.74, 6) is 1.62. The summed E-state index contributed by atoms with van der Waals surface area (Å²) < 4.78 is 5.50. The van der Waals surface area contributed by atoms with E-state index in [-0.39, 0.29) is 5.69 Å². The second-order valence-electron chi connectivity index (χ2n) is 7.44. The highest BCUT2D eigenvalue weighted by atomic mass is 16.6. The summed E-state index contributed by atoms with van der Waals surface area (Å²) >= 11 is 0. The predicted molar refractivity (Wildman–Crippen MR) is 118 cm³/mol. The third kappa shape index (κ3) is 4.57. The van der Waals surface area contributed by atoms with Gasteiger partial charge < -0.3 is 9.64 Å². The number of ether oxygens (including phenoxy) is 1. The lowest BCUT2D eigenvalue weighted by Crippen LogP contribution is -2.46. The van der Waals surface area contributed by atoms with Crippen LogP contribution in [0.15, 0.2) is 48.5 Å². The quantitative estimate of drug-likeness (QED) is 0.445. The number of benzene rings is 2. The van der Waals surface area contributed by atoms with Crippen LogP contribution in [-0.4, -0.2) is 47.6 Å². The van der Waals surface area contributed by atoms with E-state index in [2.05, 4.69) is 33.0 Å². The third-order valence-corrected chi connectivity index (χ3v) is 5.45. The van der Waals surface area contributed by atoms with Gasteiger partial charge in [-0.05, 0) is 36.8 Å². The number of nitrogens with zero attached hydrogens (tertiary/aromatic N) is 5. The van der Waals surface area contributed by atoms with Gasteiger partial charge in [0.15, 0.2) is 0 Å². The Bertz CT molecular complexity index is 1130. The molecule has 0 spiro atoms. The van der Waals surface area contributed by atoms with Crippen LogP contribution >= 0.6 is 0 Å². The van der Waals surface area contributed by atoms with Gasteiger partial charge in [-0.15, -0.1) is 0 Å². The molecule has 1 saturated heterocycles. The SMILES string of the molecule is CCOc1ccc(CN2CCN(c3cc(C#N)c4cc([N+](=O)[O-])ccc4n3)CC2)cc1. The van der Waals surface area contributed by atoms with E-state index in [1.807, 2.05) is 19.1 Å². The molecule has 8 heteroatoms. The normalized spacial score (nSPS) is 14.4. The van der Waals surface area contributed by atoms with Gasteiger partial charge in [0.1, 0.15) is 11.6 Å². The number of nitriles is 1. The van der Waals surface area contributed by atoms with Crippen molar-refractivity contribution < 1.29 is 9.66 Å². The van der Waals surface area contributed by atoms with Crippen LogP contribution in [0.4, 0.5) is 11.5 Å². The molecule has 0 N–H and O–H groups in total. The second-order valence-corrected chi connectivity index (χ2v) is 7.44. The molecule has 0 bridgehead atoms. The van der Waals surface area contributed by atoms with Crippen molar-refractivity contribution in [3.63, 3.8) is 0 Å². The Morgan fingerprint density at radius 2 is 1.87 bits per heavy atom. The number of piperazine rings is 1. The van der Waals surface area contributed by atoms with Crippen LogP contribution in [0.5, 0.6) is 5.75 Å². The molecular weight excluding hydrogens is 394 g/mol. The molecule has 2 heterocycles. The lowest BCUT2D eigenvalue weighted by atomic mass is 10.1. The van der Waals surface area contributed by atoms with E-state index < -0.39 is 4.92 Å². The van der Waals surface area contributed by atoms with Crippen molar-refractivity contribution in [1.82, 2.24) is 9.88 Å². The van der Waals surface area contributed by atoms with Gasteiger partial charge in [0.25, 0.3) is 5.69 Å². The molecule has 4 rings (SSSR count). The van der Waals surface area contributed by atoms with Crippen LogP contribution in [0.3, 0.4) is 0 Å². The lowest BCUT2D eigenvalue weighted by molar-refractivity contribution is -0.384. The van der Waals surface area contributed by atoms with Crippen LogP contribution in [0.25, 0.3) is 10.9 Å². The minimum Gasteiger partial charge on any atom is -0.494 e. The molecule has 2 aromatic carbocycles. The summed E-state index contributed by atoms with van der Waals surface area (Å²) in [4.78, 5) is 19.8. The van der Waals surface area contributed by atoms with Crippen molar-refractivity contribution in [2.24, 2.45) is 0 Å². The first kappa shape index (κ1) is 20.6. The van der Waals surface area contributed by atoms with Crippen LogP contribution in [0.2, 0.25) is 0 Å². The maximum Gasteiger partial charge on any atom is 0.270 e. The number of rotatable bonds is 6. The van der Waals surface area contributed by atoms with Crippen LogP contribution in [-0.2, 0) is 6.54 Å². The van der Waals surface area contributed by atoms with Crippen LogP contribution < -0.4 is 9.64 Å². The number of anilines is 1.